The number of amides is 1. The number of aromatic hydroxyl groups is 1. The predicted molar refractivity (Wildman–Crippen MR) is 117 cm³/mol. The van der Waals surface area contributed by atoms with E-state index in [1.807, 2.05) is 42.5 Å². The topological polar surface area (TPSA) is 65.5 Å². The van der Waals surface area contributed by atoms with Crippen LogP contribution in [0, 0.1) is 0 Å². The number of unbranched alkanes of at least 4 members (excludes halogenated alkanes) is 2. The van der Waals surface area contributed by atoms with Crippen LogP contribution in [0.25, 0.3) is 11.3 Å². The van der Waals surface area contributed by atoms with Crippen LogP contribution in [0.5, 0.6) is 5.88 Å². The molecule has 0 saturated heterocycles. The van der Waals surface area contributed by atoms with Crippen LogP contribution >= 0.6 is 0 Å². The lowest BCUT2D eigenvalue weighted by molar-refractivity contribution is 0.101. The Balaban J connectivity index is 1.63. The van der Waals surface area contributed by atoms with Gasteiger partial charge in [-0.05, 0) is 23.5 Å². The number of carbonyl (C=O) groups is 1. The van der Waals surface area contributed by atoms with E-state index in [1.165, 1.54) is 31.2 Å². The highest BCUT2D eigenvalue weighted by Gasteiger charge is 2.33. The number of aliphatic imine (C=N–C) groups is 1. The Morgan fingerprint density at radius 2 is 1.69 bits per heavy atom. The van der Waals surface area contributed by atoms with Crippen LogP contribution in [-0.2, 0) is 0 Å². The van der Waals surface area contributed by atoms with Crippen molar-refractivity contribution in [2.24, 2.45) is 4.99 Å². The van der Waals surface area contributed by atoms with Crippen LogP contribution in [0.3, 0.4) is 0 Å². The van der Waals surface area contributed by atoms with Gasteiger partial charge < -0.3 is 10.1 Å². The van der Waals surface area contributed by atoms with Gasteiger partial charge in [-0.1, -0.05) is 87.7 Å². The molecule has 1 aliphatic heterocycles. The Labute approximate surface area is 171 Å². The summed E-state index contributed by atoms with van der Waals surface area (Å²) in [4.78, 5) is 19.9. The maximum Gasteiger partial charge on any atom is 0.280 e. The first-order valence-electron chi connectivity index (χ1n) is 10.3. The molecular formula is C25H26N2O2. The highest BCUT2D eigenvalue weighted by molar-refractivity contribution is 6.30. The number of H-pyrrole nitrogens is 1. The van der Waals surface area contributed by atoms with Gasteiger partial charge in [0.1, 0.15) is 0 Å². The Kier molecular flexibility index (Phi) is 5.34. The van der Waals surface area contributed by atoms with Crippen molar-refractivity contribution in [1.29, 1.82) is 0 Å². The number of aromatic amines is 1. The van der Waals surface area contributed by atoms with E-state index in [-0.39, 0.29) is 11.8 Å². The molecule has 4 nitrogen and oxygen atoms in total. The van der Waals surface area contributed by atoms with Crippen LogP contribution in [0.15, 0.2) is 59.6 Å². The van der Waals surface area contributed by atoms with Gasteiger partial charge >= 0.3 is 0 Å². The lowest BCUT2D eigenvalue weighted by Crippen LogP contribution is -2.01. The van der Waals surface area contributed by atoms with Crippen LogP contribution < -0.4 is 0 Å². The summed E-state index contributed by atoms with van der Waals surface area (Å²) in [5.41, 5.74) is 5.08. The molecular weight excluding hydrogens is 360 g/mol. The maximum atomic E-state index is 12.7. The molecule has 29 heavy (non-hydrogen) atoms. The molecule has 1 unspecified atom stereocenters. The fraction of sp³-hybridized carbons (Fsp3) is 0.280. The zero-order chi connectivity index (χ0) is 20.4. The molecule has 0 spiro atoms. The summed E-state index contributed by atoms with van der Waals surface area (Å²) in [6.07, 6.45) is 4.91. The molecule has 0 fully saturated rings. The number of carbonyl (C=O) groups excluding carboxylic acids is 1. The molecule has 4 rings (SSSR count). The molecule has 2 N–H and O–H groups in total. The molecule has 0 saturated carbocycles. The quantitative estimate of drug-likeness (QED) is 0.485. The molecule has 2 aromatic carbocycles. The Morgan fingerprint density at radius 1 is 0.966 bits per heavy atom. The summed E-state index contributed by atoms with van der Waals surface area (Å²) in [7, 11) is 0. The molecule has 1 amide bonds. The summed E-state index contributed by atoms with van der Waals surface area (Å²) >= 11 is 0. The van der Waals surface area contributed by atoms with Gasteiger partial charge in [-0.25, -0.2) is 4.99 Å². The lowest BCUT2D eigenvalue weighted by Gasteiger charge is -2.12. The SMILES string of the molecule is CCCCCC(C)c1ccc(C2=NC(=O)c3c(-c4ccccc4)[nH]c(O)c32)cc1. The zero-order valence-corrected chi connectivity index (χ0v) is 16.9. The molecule has 0 bridgehead atoms. The van der Waals surface area contributed by atoms with E-state index in [9.17, 15) is 9.90 Å². The minimum atomic E-state index is -0.317. The van der Waals surface area contributed by atoms with Crippen molar-refractivity contribution in [2.75, 3.05) is 0 Å². The summed E-state index contributed by atoms with van der Waals surface area (Å²) in [6, 6.07) is 17.8. The summed E-state index contributed by atoms with van der Waals surface area (Å²) in [6.45, 7) is 4.47. The van der Waals surface area contributed by atoms with Crippen molar-refractivity contribution in [3.63, 3.8) is 0 Å². The molecule has 2 heterocycles. The van der Waals surface area contributed by atoms with Crippen LogP contribution in [0.2, 0.25) is 0 Å². The first-order chi connectivity index (χ1) is 14.1. The third-order valence-corrected chi connectivity index (χ3v) is 5.70. The van der Waals surface area contributed by atoms with E-state index in [1.54, 1.807) is 0 Å². The maximum absolute atomic E-state index is 12.7. The second-order valence-corrected chi connectivity index (χ2v) is 7.75. The molecule has 3 aromatic rings. The van der Waals surface area contributed by atoms with Crippen LogP contribution in [-0.4, -0.2) is 21.7 Å². The average molecular weight is 386 g/mol. The van der Waals surface area contributed by atoms with Crippen molar-refractivity contribution in [2.45, 2.75) is 45.4 Å². The van der Waals surface area contributed by atoms with Gasteiger partial charge in [-0.2, -0.15) is 0 Å². The van der Waals surface area contributed by atoms with Gasteiger partial charge in [-0.15, -0.1) is 0 Å². The molecule has 1 aromatic heterocycles. The highest BCUT2D eigenvalue weighted by atomic mass is 16.3. The second kappa shape index (κ2) is 8.08. The van der Waals surface area contributed by atoms with Crippen molar-refractivity contribution >= 4 is 11.6 Å². The van der Waals surface area contributed by atoms with Gasteiger partial charge in [0.15, 0.2) is 5.88 Å². The van der Waals surface area contributed by atoms with E-state index < -0.39 is 0 Å². The average Bonchev–Trinajstić information content (AvgIpc) is 3.27. The first-order valence-corrected chi connectivity index (χ1v) is 10.3. The number of fused-ring (bicyclic) bond motifs is 1. The lowest BCUT2D eigenvalue weighted by atomic mass is 9.93. The fourth-order valence-electron chi connectivity index (χ4n) is 4.01. The van der Waals surface area contributed by atoms with E-state index >= 15 is 0 Å². The number of nitrogens with zero attached hydrogens (tertiary/aromatic N) is 1. The standard InChI is InChI=1S/C25H26N2O2/c1-3-4-6-9-16(2)17-12-14-19(15-13-17)23-21-20(24(28)27-23)22(26-25(21)29)18-10-7-5-8-11-18/h5,7-8,10-16,26,29H,3-4,6,9H2,1-2H3. The highest BCUT2D eigenvalue weighted by Crippen LogP contribution is 2.38. The first kappa shape index (κ1) is 19.2. The largest absolute Gasteiger partial charge is 0.494 e. The summed E-state index contributed by atoms with van der Waals surface area (Å²) in [5, 5.41) is 10.5. The molecule has 1 aliphatic rings. The minimum Gasteiger partial charge on any atom is -0.494 e. The van der Waals surface area contributed by atoms with Crippen LogP contribution in [0.1, 0.15) is 72.5 Å². The number of hydrogen-bond acceptors (Lipinski definition) is 2. The van der Waals surface area contributed by atoms with Gasteiger partial charge in [0.25, 0.3) is 5.91 Å². The van der Waals surface area contributed by atoms with Crippen molar-refractivity contribution in [3.05, 3.63) is 76.9 Å². The molecule has 0 radical (unpaired) electrons. The molecule has 4 heteroatoms. The number of hydrogen-bond donors (Lipinski definition) is 2. The van der Waals surface area contributed by atoms with Crippen LogP contribution in [0.4, 0.5) is 0 Å². The number of benzene rings is 2. The normalized spacial score (nSPS) is 14.0. The minimum absolute atomic E-state index is 0.0135. The number of nitrogens with one attached hydrogen (secondary N) is 1. The second-order valence-electron chi connectivity index (χ2n) is 7.75. The smallest absolute Gasteiger partial charge is 0.280 e. The molecule has 0 aliphatic carbocycles. The van der Waals surface area contributed by atoms with Crippen molar-refractivity contribution < 1.29 is 9.90 Å². The van der Waals surface area contributed by atoms with E-state index in [0.29, 0.717) is 28.5 Å². The summed E-state index contributed by atoms with van der Waals surface area (Å²) in [5.74, 6) is 0.173. The third kappa shape index (κ3) is 3.63. The Hall–Kier alpha value is -3.14. The monoisotopic (exact) mass is 386 g/mol. The molecule has 148 valence electrons. The van der Waals surface area contributed by atoms with E-state index in [0.717, 1.165) is 11.1 Å². The number of aromatic nitrogens is 1. The van der Waals surface area contributed by atoms with Gasteiger partial charge in [-0.3, -0.25) is 4.79 Å². The van der Waals surface area contributed by atoms with E-state index in [2.05, 4.69) is 36.0 Å². The van der Waals surface area contributed by atoms with E-state index in [4.69, 9.17) is 0 Å². The summed E-state index contributed by atoms with van der Waals surface area (Å²) < 4.78 is 0. The Bertz CT molecular complexity index is 1050. The fourth-order valence-corrected chi connectivity index (χ4v) is 4.01. The van der Waals surface area contributed by atoms with Crippen molar-refractivity contribution in [3.8, 4) is 17.1 Å². The Morgan fingerprint density at radius 3 is 2.38 bits per heavy atom. The van der Waals surface area contributed by atoms with Gasteiger partial charge in [0, 0.05) is 5.56 Å². The third-order valence-electron chi connectivity index (χ3n) is 5.70. The van der Waals surface area contributed by atoms with Gasteiger partial charge in [0.2, 0.25) is 0 Å². The van der Waals surface area contributed by atoms with Crippen molar-refractivity contribution in [1.82, 2.24) is 4.98 Å². The zero-order valence-electron chi connectivity index (χ0n) is 16.9. The number of rotatable bonds is 7. The van der Waals surface area contributed by atoms with Gasteiger partial charge in [0.05, 0.1) is 22.5 Å². The molecule has 1 atom stereocenters. The predicted octanol–water partition coefficient (Wildman–Crippen LogP) is 6.06.